The summed E-state index contributed by atoms with van der Waals surface area (Å²) in [6.07, 6.45) is 3.44. The smallest absolute Gasteiger partial charge is 0.222 e. The molecule has 0 radical (unpaired) electrons. The van der Waals surface area contributed by atoms with Crippen LogP contribution in [0.25, 0.3) is 0 Å². The van der Waals surface area contributed by atoms with Crippen LogP contribution < -0.4 is 0 Å². The Morgan fingerprint density at radius 1 is 1.50 bits per heavy atom. The second-order valence-corrected chi connectivity index (χ2v) is 4.34. The second-order valence-electron chi connectivity index (χ2n) is 4.34. The van der Waals surface area contributed by atoms with Gasteiger partial charge in [0.1, 0.15) is 6.29 Å². The molecule has 0 saturated carbocycles. The molecule has 1 unspecified atom stereocenters. The fourth-order valence-electron chi connectivity index (χ4n) is 2.01. The third-order valence-electron chi connectivity index (χ3n) is 3.09. The first-order valence-electron chi connectivity index (χ1n) is 5.36. The minimum absolute atomic E-state index is 0.139. The molecule has 3 heteroatoms. The molecule has 1 saturated heterocycles. The van der Waals surface area contributed by atoms with Crippen LogP contribution in [0, 0.1) is 11.8 Å². The van der Waals surface area contributed by atoms with Gasteiger partial charge in [0.25, 0.3) is 0 Å². The van der Waals surface area contributed by atoms with Crippen molar-refractivity contribution in [3.8, 4) is 0 Å². The Balaban J connectivity index is 2.53. The Morgan fingerprint density at radius 2 is 2.21 bits per heavy atom. The predicted octanol–water partition coefficient (Wildman–Crippen LogP) is 1.47. The van der Waals surface area contributed by atoms with Crippen molar-refractivity contribution < 1.29 is 9.59 Å². The van der Waals surface area contributed by atoms with Gasteiger partial charge in [0.2, 0.25) is 5.91 Å². The van der Waals surface area contributed by atoms with Gasteiger partial charge in [-0.05, 0) is 24.7 Å². The molecule has 1 heterocycles. The molecule has 0 aromatic rings. The quantitative estimate of drug-likeness (QED) is 0.642. The summed E-state index contributed by atoms with van der Waals surface area (Å²) in [7, 11) is 0. The van der Waals surface area contributed by atoms with Crippen LogP contribution in [-0.2, 0) is 9.59 Å². The van der Waals surface area contributed by atoms with Gasteiger partial charge in [-0.2, -0.15) is 0 Å². The average molecular weight is 197 g/mol. The Kier molecular flexibility index (Phi) is 4.11. The highest BCUT2D eigenvalue weighted by atomic mass is 16.2. The largest absolute Gasteiger partial charge is 0.336 e. The van der Waals surface area contributed by atoms with Crippen molar-refractivity contribution in [2.75, 3.05) is 13.1 Å². The van der Waals surface area contributed by atoms with E-state index in [9.17, 15) is 9.59 Å². The van der Waals surface area contributed by atoms with Crippen molar-refractivity contribution in [1.82, 2.24) is 4.90 Å². The van der Waals surface area contributed by atoms with E-state index >= 15 is 0 Å². The number of aldehydes is 1. The van der Waals surface area contributed by atoms with Gasteiger partial charge in [0.05, 0.1) is 6.54 Å². The fraction of sp³-hybridized carbons (Fsp3) is 0.818. The molecule has 14 heavy (non-hydrogen) atoms. The number of nitrogens with zero attached hydrogens (tertiary/aromatic N) is 1. The van der Waals surface area contributed by atoms with Crippen LogP contribution >= 0.6 is 0 Å². The third-order valence-corrected chi connectivity index (χ3v) is 3.09. The summed E-state index contributed by atoms with van der Waals surface area (Å²) in [6.45, 7) is 5.42. The molecular weight excluding hydrogens is 178 g/mol. The lowest BCUT2D eigenvalue weighted by Crippen LogP contribution is -2.32. The van der Waals surface area contributed by atoms with E-state index in [4.69, 9.17) is 0 Å². The Hall–Kier alpha value is -0.860. The van der Waals surface area contributed by atoms with E-state index in [0.29, 0.717) is 18.3 Å². The monoisotopic (exact) mass is 197 g/mol. The van der Waals surface area contributed by atoms with E-state index in [-0.39, 0.29) is 12.5 Å². The molecule has 1 amide bonds. The summed E-state index contributed by atoms with van der Waals surface area (Å²) in [6, 6.07) is 0. The summed E-state index contributed by atoms with van der Waals surface area (Å²) < 4.78 is 0. The lowest BCUT2D eigenvalue weighted by molar-refractivity contribution is -0.132. The number of likely N-dealkylation sites (tertiary alicyclic amines) is 1. The number of amides is 1. The molecule has 1 aliphatic rings. The molecule has 1 atom stereocenters. The van der Waals surface area contributed by atoms with Gasteiger partial charge in [0, 0.05) is 13.0 Å². The van der Waals surface area contributed by atoms with E-state index < -0.39 is 0 Å². The number of hydrogen-bond donors (Lipinski definition) is 0. The molecule has 1 aliphatic heterocycles. The third kappa shape index (κ3) is 2.82. The highest BCUT2D eigenvalue weighted by molar-refractivity contribution is 5.78. The molecule has 0 aromatic heterocycles. The maximum absolute atomic E-state index is 11.5. The zero-order chi connectivity index (χ0) is 10.6. The van der Waals surface area contributed by atoms with Crippen LogP contribution in [0.4, 0.5) is 0 Å². The highest BCUT2D eigenvalue weighted by Crippen LogP contribution is 2.24. The van der Waals surface area contributed by atoms with Crippen LogP contribution in [0.3, 0.4) is 0 Å². The first-order valence-corrected chi connectivity index (χ1v) is 5.36. The summed E-state index contributed by atoms with van der Waals surface area (Å²) in [4.78, 5) is 23.6. The maximum Gasteiger partial charge on any atom is 0.222 e. The van der Waals surface area contributed by atoms with Crippen molar-refractivity contribution in [2.24, 2.45) is 11.8 Å². The molecule has 1 fully saturated rings. The van der Waals surface area contributed by atoms with Gasteiger partial charge in [-0.1, -0.05) is 13.8 Å². The standard InChI is InChI=1S/C11H19NO2/c1-9(2)10-3-4-11(14)12(6-5-10)7-8-13/h8-10H,3-7H2,1-2H3. The molecule has 3 nitrogen and oxygen atoms in total. The zero-order valence-electron chi connectivity index (χ0n) is 9.03. The van der Waals surface area contributed by atoms with Crippen molar-refractivity contribution in [1.29, 1.82) is 0 Å². The molecule has 0 aliphatic carbocycles. The number of carbonyl (C=O) groups is 2. The lowest BCUT2D eigenvalue weighted by atomic mass is 9.89. The zero-order valence-corrected chi connectivity index (χ0v) is 9.03. The summed E-state index contributed by atoms with van der Waals surface area (Å²) in [5.41, 5.74) is 0. The van der Waals surface area contributed by atoms with E-state index in [1.807, 2.05) is 0 Å². The van der Waals surface area contributed by atoms with Crippen molar-refractivity contribution >= 4 is 12.2 Å². The van der Waals surface area contributed by atoms with Crippen molar-refractivity contribution in [3.05, 3.63) is 0 Å². The van der Waals surface area contributed by atoms with Gasteiger partial charge in [-0.3, -0.25) is 4.79 Å². The SMILES string of the molecule is CC(C)C1CCC(=O)N(CC=O)CC1. The van der Waals surface area contributed by atoms with Gasteiger partial charge >= 0.3 is 0 Å². The molecule has 1 rings (SSSR count). The predicted molar refractivity (Wildman–Crippen MR) is 54.8 cm³/mol. The minimum Gasteiger partial charge on any atom is -0.336 e. The first-order chi connectivity index (χ1) is 6.65. The van der Waals surface area contributed by atoms with Crippen LogP contribution in [-0.4, -0.2) is 30.2 Å². The second kappa shape index (κ2) is 5.13. The molecular formula is C11H19NO2. The topological polar surface area (TPSA) is 37.4 Å². The minimum atomic E-state index is 0.139. The number of hydrogen-bond acceptors (Lipinski definition) is 2. The first kappa shape index (κ1) is 11.2. The number of carbonyl (C=O) groups excluding carboxylic acids is 2. The molecule has 0 bridgehead atoms. The van der Waals surface area contributed by atoms with Crippen LogP contribution in [0.5, 0.6) is 0 Å². The summed E-state index contributed by atoms with van der Waals surface area (Å²) in [5.74, 6) is 1.41. The Morgan fingerprint density at radius 3 is 2.79 bits per heavy atom. The lowest BCUT2D eigenvalue weighted by Gasteiger charge is -2.19. The van der Waals surface area contributed by atoms with Crippen LogP contribution in [0.15, 0.2) is 0 Å². The maximum atomic E-state index is 11.5. The molecule has 0 N–H and O–H groups in total. The fourth-order valence-corrected chi connectivity index (χ4v) is 2.01. The summed E-state index contributed by atoms with van der Waals surface area (Å²) >= 11 is 0. The Labute approximate surface area is 85.5 Å². The van der Waals surface area contributed by atoms with Crippen molar-refractivity contribution in [2.45, 2.75) is 33.1 Å². The molecule has 0 spiro atoms. The summed E-state index contributed by atoms with van der Waals surface area (Å²) in [5, 5.41) is 0. The van der Waals surface area contributed by atoms with Gasteiger partial charge in [-0.25, -0.2) is 0 Å². The Bertz CT molecular complexity index is 213. The van der Waals surface area contributed by atoms with E-state index in [1.54, 1.807) is 4.90 Å². The molecule has 80 valence electrons. The normalized spacial score (nSPS) is 23.8. The van der Waals surface area contributed by atoms with Crippen molar-refractivity contribution in [3.63, 3.8) is 0 Å². The highest BCUT2D eigenvalue weighted by Gasteiger charge is 2.23. The number of rotatable bonds is 3. The molecule has 0 aromatic carbocycles. The van der Waals surface area contributed by atoms with E-state index in [2.05, 4.69) is 13.8 Å². The van der Waals surface area contributed by atoms with Crippen LogP contribution in [0.2, 0.25) is 0 Å². The average Bonchev–Trinajstić information content (AvgIpc) is 2.30. The van der Waals surface area contributed by atoms with Gasteiger partial charge in [0.15, 0.2) is 0 Å². The van der Waals surface area contributed by atoms with Gasteiger partial charge < -0.3 is 9.69 Å². The van der Waals surface area contributed by atoms with E-state index in [1.165, 1.54) is 0 Å². The van der Waals surface area contributed by atoms with Crippen LogP contribution in [0.1, 0.15) is 33.1 Å². The van der Waals surface area contributed by atoms with E-state index in [0.717, 1.165) is 25.7 Å². The van der Waals surface area contributed by atoms with Gasteiger partial charge in [-0.15, -0.1) is 0 Å².